The predicted molar refractivity (Wildman–Crippen MR) is 68.2 cm³/mol. The second-order valence-electron chi connectivity index (χ2n) is 5.30. The van der Waals surface area contributed by atoms with Crippen LogP contribution in [0.1, 0.15) is 19.3 Å². The molecule has 0 rings (SSSR count). The minimum atomic E-state index is -1.78. The van der Waals surface area contributed by atoms with Crippen LogP contribution in [-0.2, 0) is 9.59 Å². The summed E-state index contributed by atoms with van der Waals surface area (Å²) in [6, 6.07) is 0. The van der Waals surface area contributed by atoms with E-state index in [9.17, 15) is 14.7 Å². The number of aliphatic carboxylic acids is 1. The van der Waals surface area contributed by atoms with Crippen molar-refractivity contribution < 1.29 is 24.3 Å². The van der Waals surface area contributed by atoms with Gasteiger partial charge in [0, 0.05) is 6.42 Å². The molecule has 0 bridgehead atoms. The Morgan fingerprint density at radius 2 is 1.82 bits per heavy atom. The standard InChI is InChI=1S/C11H21NO4S/c1-12(2,3)8-11(16,7-10(14)15)9(13)5-4-6-17/h16H,4-8H2,1-3H3,(H-,14,15,17)/p+1. The van der Waals surface area contributed by atoms with Crippen molar-refractivity contribution in [3.63, 3.8) is 0 Å². The van der Waals surface area contributed by atoms with Crippen molar-refractivity contribution in [1.29, 1.82) is 0 Å². The van der Waals surface area contributed by atoms with E-state index in [0.29, 0.717) is 16.7 Å². The molecule has 5 nitrogen and oxygen atoms in total. The molecule has 0 saturated heterocycles. The number of aliphatic hydroxyl groups is 1. The van der Waals surface area contributed by atoms with Crippen LogP contribution >= 0.6 is 12.6 Å². The number of hydrogen-bond donors (Lipinski definition) is 3. The van der Waals surface area contributed by atoms with Gasteiger partial charge in [0.25, 0.3) is 0 Å². The van der Waals surface area contributed by atoms with E-state index in [2.05, 4.69) is 12.6 Å². The number of Topliss-reactive ketones (excluding diaryl/α,β-unsaturated/α-hetero) is 1. The van der Waals surface area contributed by atoms with Crippen LogP contribution in [0.2, 0.25) is 0 Å². The molecule has 0 spiro atoms. The van der Waals surface area contributed by atoms with Crippen molar-refractivity contribution in [2.24, 2.45) is 0 Å². The third kappa shape index (κ3) is 6.65. The van der Waals surface area contributed by atoms with Crippen molar-refractivity contribution in [1.82, 2.24) is 0 Å². The van der Waals surface area contributed by atoms with Gasteiger partial charge in [-0.15, -0.1) is 0 Å². The van der Waals surface area contributed by atoms with E-state index in [0.717, 1.165) is 0 Å². The van der Waals surface area contributed by atoms with Crippen LogP contribution in [0, 0.1) is 0 Å². The monoisotopic (exact) mass is 264 g/mol. The number of ketones is 1. The summed E-state index contributed by atoms with van der Waals surface area (Å²) < 4.78 is 0.330. The average molecular weight is 264 g/mol. The Morgan fingerprint density at radius 3 is 2.18 bits per heavy atom. The highest BCUT2D eigenvalue weighted by Crippen LogP contribution is 2.18. The normalized spacial score (nSPS) is 15.4. The van der Waals surface area contributed by atoms with Crippen molar-refractivity contribution >= 4 is 24.4 Å². The lowest BCUT2D eigenvalue weighted by Gasteiger charge is -2.33. The molecule has 2 N–H and O–H groups in total. The molecule has 1 atom stereocenters. The molecule has 0 aromatic carbocycles. The number of thiol groups is 1. The van der Waals surface area contributed by atoms with Crippen LogP contribution in [-0.4, -0.2) is 65.5 Å². The van der Waals surface area contributed by atoms with Gasteiger partial charge in [0.2, 0.25) is 0 Å². The molecule has 0 aromatic rings. The molecular formula is C11H22NO4S+. The summed E-state index contributed by atoms with van der Waals surface area (Å²) in [4.78, 5) is 22.6. The molecule has 0 aliphatic rings. The van der Waals surface area contributed by atoms with Crippen LogP contribution in [0.3, 0.4) is 0 Å². The number of rotatable bonds is 8. The molecule has 0 aliphatic carbocycles. The lowest BCUT2D eigenvalue weighted by atomic mass is 9.90. The third-order valence-electron chi connectivity index (χ3n) is 2.26. The first-order valence-corrected chi connectivity index (χ1v) is 6.13. The number of carbonyl (C=O) groups is 2. The molecule has 0 aliphatic heterocycles. The number of likely N-dealkylation sites (N-methyl/N-ethyl adjacent to an activating group) is 1. The first-order valence-electron chi connectivity index (χ1n) is 5.49. The molecule has 0 heterocycles. The van der Waals surface area contributed by atoms with E-state index in [1.165, 1.54) is 0 Å². The van der Waals surface area contributed by atoms with E-state index >= 15 is 0 Å². The third-order valence-corrected chi connectivity index (χ3v) is 2.58. The zero-order valence-electron chi connectivity index (χ0n) is 10.6. The zero-order chi connectivity index (χ0) is 13.7. The number of carboxylic acid groups (broad SMARTS) is 1. The smallest absolute Gasteiger partial charge is 0.306 e. The largest absolute Gasteiger partial charge is 0.481 e. The maximum Gasteiger partial charge on any atom is 0.306 e. The molecule has 0 aromatic heterocycles. The summed E-state index contributed by atoms with van der Waals surface area (Å²) in [5, 5.41) is 19.0. The summed E-state index contributed by atoms with van der Waals surface area (Å²) >= 11 is 3.99. The summed E-state index contributed by atoms with van der Waals surface area (Å²) in [5.74, 6) is -1.04. The van der Waals surface area contributed by atoms with Crippen LogP contribution < -0.4 is 0 Å². The molecular weight excluding hydrogens is 242 g/mol. The van der Waals surface area contributed by atoms with Crippen LogP contribution in [0.5, 0.6) is 0 Å². The Bertz CT molecular complexity index is 288. The molecule has 0 saturated carbocycles. The fourth-order valence-corrected chi connectivity index (χ4v) is 1.91. The van der Waals surface area contributed by atoms with Crippen molar-refractivity contribution in [2.45, 2.75) is 24.9 Å². The minimum absolute atomic E-state index is 0.0880. The maximum absolute atomic E-state index is 11.9. The first kappa shape index (κ1) is 16.4. The summed E-state index contributed by atoms with van der Waals surface area (Å²) in [6.45, 7) is 0.0880. The van der Waals surface area contributed by atoms with Gasteiger partial charge in [-0.2, -0.15) is 12.6 Å². The van der Waals surface area contributed by atoms with E-state index < -0.39 is 23.8 Å². The summed E-state index contributed by atoms with van der Waals surface area (Å²) in [6.07, 6.45) is 0.155. The second kappa shape index (κ2) is 6.37. The fraction of sp³-hybridized carbons (Fsp3) is 0.818. The Morgan fingerprint density at radius 1 is 1.29 bits per heavy atom. The number of carbonyl (C=O) groups excluding carboxylic acids is 1. The fourth-order valence-electron chi connectivity index (χ4n) is 1.75. The quantitative estimate of drug-likeness (QED) is 0.432. The van der Waals surface area contributed by atoms with Gasteiger partial charge in [0.05, 0.1) is 27.6 Å². The Hall–Kier alpha value is -0.590. The molecule has 0 amide bonds. The number of carboxylic acids is 1. The lowest BCUT2D eigenvalue weighted by molar-refractivity contribution is -0.875. The van der Waals surface area contributed by atoms with Gasteiger partial charge in [-0.05, 0) is 12.2 Å². The van der Waals surface area contributed by atoms with Gasteiger partial charge in [-0.25, -0.2) is 0 Å². The highest BCUT2D eigenvalue weighted by atomic mass is 32.1. The molecule has 100 valence electrons. The molecule has 0 fully saturated rings. The molecule has 0 radical (unpaired) electrons. The van der Waals surface area contributed by atoms with Crippen molar-refractivity contribution in [3.8, 4) is 0 Å². The van der Waals surface area contributed by atoms with Gasteiger partial charge < -0.3 is 14.7 Å². The Kier molecular flexibility index (Phi) is 6.15. The zero-order valence-corrected chi connectivity index (χ0v) is 11.5. The lowest BCUT2D eigenvalue weighted by Crippen LogP contribution is -2.54. The number of nitrogens with zero attached hydrogens (tertiary/aromatic N) is 1. The molecule has 1 unspecified atom stereocenters. The topological polar surface area (TPSA) is 74.6 Å². The van der Waals surface area contributed by atoms with E-state index in [1.54, 1.807) is 21.1 Å². The van der Waals surface area contributed by atoms with Gasteiger partial charge in [0.15, 0.2) is 11.4 Å². The number of hydrogen-bond acceptors (Lipinski definition) is 4. The summed E-state index contributed by atoms with van der Waals surface area (Å²) in [5.41, 5.74) is -1.78. The molecule has 6 heteroatoms. The predicted octanol–water partition coefficient (Wildman–Crippen LogP) is 0.177. The SMILES string of the molecule is C[N+](C)(C)CC(O)(CC(=O)O)C(=O)CCCS. The van der Waals surface area contributed by atoms with E-state index in [4.69, 9.17) is 5.11 Å². The van der Waals surface area contributed by atoms with Gasteiger partial charge >= 0.3 is 5.97 Å². The van der Waals surface area contributed by atoms with Crippen LogP contribution in [0.4, 0.5) is 0 Å². The maximum atomic E-state index is 11.9. The highest BCUT2D eigenvalue weighted by Gasteiger charge is 2.42. The number of quaternary nitrogens is 1. The minimum Gasteiger partial charge on any atom is -0.481 e. The van der Waals surface area contributed by atoms with Gasteiger partial charge in [-0.3, -0.25) is 9.59 Å². The highest BCUT2D eigenvalue weighted by molar-refractivity contribution is 7.80. The first-order chi connectivity index (χ1) is 7.60. The Balaban J connectivity index is 4.83. The van der Waals surface area contributed by atoms with Crippen molar-refractivity contribution in [3.05, 3.63) is 0 Å². The Labute approximate surface area is 107 Å². The van der Waals surface area contributed by atoms with E-state index in [-0.39, 0.29) is 13.0 Å². The van der Waals surface area contributed by atoms with Crippen LogP contribution in [0.25, 0.3) is 0 Å². The van der Waals surface area contributed by atoms with Crippen molar-refractivity contribution in [2.75, 3.05) is 33.4 Å². The van der Waals surface area contributed by atoms with E-state index in [1.807, 2.05) is 0 Å². The van der Waals surface area contributed by atoms with Gasteiger partial charge in [-0.1, -0.05) is 0 Å². The van der Waals surface area contributed by atoms with Crippen LogP contribution in [0.15, 0.2) is 0 Å². The van der Waals surface area contributed by atoms with Gasteiger partial charge in [0.1, 0.15) is 6.54 Å². The molecule has 17 heavy (non-hydrogen) atoms. The average Bonchev–Trinajstić information content (AvgIpc) is 2.09. The second-order valence-corrected chi connectivity index (χ2v) is 5.75. The summed E-state index contributed by atoms with van der Waals surface area (Å²) in [7, 11) is 5.41.